The maximum atomic E-state index is 11.2. The molecule has 1 aromatic heterocycles. The molecule has 1 N–H and O–H groups in total. The average molecular weight is 296 g/mol. The van der Waals surface area contributed by atoms with E-state index >= 15 is 0 Å². The van der Waals surface area contributed by atoms with E-state index in [1.54, 1.807) is 6.20 Å². The quantitative estimate of drug-likeness (QED) is 0.929. The number of carboxylic acid groups (broad SMARTS) is 1. The number of aryl methyl sites for hydroxylation is 1. The summed E-state index contributed by atoms with van der Waals surface area (Å²) < 4.78 is 2.99. The molecule has 17 heavy (non-hydrogen) atoms. The number of carboxylic acids is 1. The summed E-state index contributed by atoms with van der Waals surface area (Å²) in [6.45, 7) is 2.98. The van der Waals surface area contributed by atoms with Crippen molar-refractivity contribution in [1.29, 1.82) is 0 Å². The Hall–Kier alpha value is -1.29. The van der Waals surface area contributed by atoms with Crippen LogP contribution in [0, 0.1) is 0 Å². The fourth-order valence-corrected chi connectivity index (χ4v) is 2.30. The van der Waals surface area contributed by atoms with Crippen molar-refractivity contribution in [2.75, 3.05) is 0 Å². The summed E-state index contributed by atoms with van der Waals surface area (Å²) in [5.74, 6) is -0.868. The molecule has 0 amide bonds. The van der Waals surface area contributed by atoms with Crippen LogP contribution in [0.3, 0.4) is 0 Å². The zero-order valence-electron chi connectivity index (χ0n) is 9.61. The molecule has 2 rings (SSSR count). The van der Waals surface area contributed by atoms with E-state index in [1.165, 1.54) is 0 Å². The van der Waals surface area contributed by atoms with Crippen LogP contribution >= 0.6 is 15.9 Å². The summed E-state index contributed by atoms with van der Waals surface area (Å²) in [7, 11) is 0. The molecule has 0 bridgehead atoms. The van der Waals surface area contributed by atoms with Gasteiger partial charge in [0.25, 0.3) is 0 Å². The number of hydrogen-bond acceptors (Lipinski definition) is 1. The van der Waals surface area contributed by atoms with E-state index in [9.17, 15) is 4.79 Å². The second-order valence-corrected chi connectivity index (χ2v) is 4.97. The van der Waals surface area contributed by atoms with Gasteiger partial charge in [-0.25, -0.2) is 4.79 Å². The van der Waals surface area contributed by atoms with Crippen molar-refractivity contribution in [3.05, 3.63) is 34.4 Å². The predicted molar refractivity (Wildman–Crippen MR) is 71.5 cm³/mol. The molecule has 3 nitrogen and oxygen atoms in total. The third-order valence-electron chi connectivity index (χ3n) is 2.83. The van der Waals surface area contributed by atoms with Crippen molar-refractivity contribution < 1.29 is 9.90 Å². The largest absolute Gasteiger partial charge is 0.478 e. The smallest absolute Gasteiger partial charge is 0.337 e. The van der Waals surface area contributed by atoms with E-state index in [0.717, 1.165) is 34.8 Å². The second-order valence-electron chi connectivity index (χ2n) is 4.06. The summed E-state index contributed by atoms with van der Waals surface area (Å²) in [6, 6.07) is 5.70. The Morgan fingerprint density at radius 1 is 1.47 bits per heavy atom. The maximum absolute atomic E-state index is 11.2. The average Bonchev–Trinajstić information content (AvgIpc) is 2.64. The standard InChI is InChI=1S/C13H14BrNO2/c1-2-3-6-15-8-11(13(16)17)10-5-4-9(14)7-12(10)15/h4-5,7-8H,2-3,6H2,1H3,(H,16,17). The van der Waals surface area contributed by atoms with Crippen LogP contribution in [0.25, 0.3) is 10.9 Å². The van der Waals surface area contributed by atoms with Crippen LogP contribution in [-0.4, -0.2) is 15.6 Å². The first-order chi connectivity index (χ1) is 8.13. The number of aromatic nitrogens is 1. The molecule has 0 aliphatic carbocycles. The van der Waals surface area contributed by atoms with E-state index in [-0.39, 0.29) is 0 Å². The zero-order valence-corrected chi connectivity index (χ0v) is 11.2. The SMILES string of the molecule is CCCCn1cc(C(=O)O)c2ccc(Br)cc21. The highest BCUT2D eigenvalue weighted by Gasteiger charge is 2.13. The third kappa shape index (κ3) is 2.36. The molecule has 0 radical (unpaired) electrons. The Labute approximate surface area is 108 Å². The van der Waals surface area contributed by atoms with Gasteiger partial charge in [-0.15, -0.1) is 0 Å². The number of carbonyl (C=O) groups is 1. The molecule has 0 atom stereocenters. The van der Waals surface area contributed by atoms with E-state index in [2.05, 4.69) is 22.9 Å². The molecule has 0 fully saturated rings. The van der Waals surface area contributed by atoms with Crippen LogP contribution in [0.4, 0.5) is 0 Å². The molecular weight excluding hydrogens is 282 g/mol. The van der Waals surface area contributed by atoms with Gasteiger partial charge in [-0.3, -0.25) is 0 Å². The van der Waals surface area contributed by atoms with Gasteiger partial charge in [-0.2, -0.15) is 0 Å². The fraction of sp³-hybridized carbons (Fsp3) is 0.308. The first-order valence-corrected chi connectivity index (χ1v) is 6.44. The van der Waals surface area contributed by atoms with Crippen LogP contribution in [0.15, 0.2) is 28.9 Å². The highest BCUT2D eigenvalue weighted by Crippen LogP contribution is 2.25. The molecule has 0 saturated carbocycles. The monoisotopic (exact) mass is 295 g/mol. The summed E-state index contributed by atoms with van der Waals surface area (Å²) in [5.41, 5.74) is 1.36. The molecule has 0 unspecified atom stereocenters. The van der Waals surface area contributed by atoms with Gasteiger partial charge in [0.1, 0.15) is 0 Å². The van der Waals surface area contributed by atoms with Gasteiger partial charge in [0.05, 0.1) is 11.1 Å². The van der Waals surface area contributed by atoms with Crippen LogP contribution < -0.4 is 0 Å². The van der Waals surface area contributed by atoms with Crippen molar-refractivity contribution in [3.63, 3.8) is 0 Å². The minimum absolute atomic E-state index is 0.378. The van der Waals surface area contributed by atoms with Crippen molar-refractivity contribution >= 4 is 32.8 Å². The van der Waals surface area contributed by atoms with E-state index in [1.807, 2.05) is 22.8 Å². The lowest BCUT2D eigenvalue weighted by molar-refractivity contribution is 0.0699. The second kappa shape index (κ2) is 4.92. The number of benzene rings is 1. The highest BCUT2D eigenvalue weighted by atomic mass is 79.9. The molecule has 4 heteroatoms. The molecular formula is C13H14BrNO2. The molecule has 0 aliphatic rings. The van der Waals surface area contributed by atoms with Gasteiger partial charge in [0.2, 0.25) is 0 Å². The first kappa shape index (κ1) is 12.2. The predicted octanol–water partition coefficient (Wildman–Crippen LogP) is 3.90. The lowest BCUT2D eigenvalue weighted by Gasteiger charge is -2.03. The Balaban J connectivity index is 2.58. The molecule has 90 valence electrons. The molecule has 0 aliphatic heterocycles. The minimum Gasteiger partial charge on any atom is -0.478 e. The summed E-state index contributed by atoms with van der Waals surface area (Å²) in [6.07, 6.45) is 3.88. The topological polar surface area (TPSA) is 42.2 Å². The number of rotatable bonds is 4. The number of nitrogens with zero attached hydrogens (tertiary/aromatic N) is 1. The van der Waals surface area contributed by atoms with Crippen LogP contribution in [0.2, 0.25) is 0 Å². The normalized spacial score (nSPS) is 10.9. The Morgan fingerprint density at radius 3 is 2.88 bits per heavy atom. The van der Waals surface area contributed by atoms with E-state index < -0.39 is 5.97 Å². The van der Waals surface area contributed by atoms with Crippen LogP contribution in [-0.2, 0) is 6.54 Å². The van der Waals surface area contributed by atoms with Crippen molar-refractivity contribution in [3.8, 4) is 0 Å². The summed E-state index contributed by atoms with van der Waals surface area (Å²) in [4.78, 5) is 11.2. The van der Waals surface area contributed by atoms with Gasteiger partial charge in [0.15, 0.2) is 0 Å². The van der Waals surface area contributed by atoms with Gasteiger partial charge >= 0.3 is 5.97 Å². The maximum Gasteiger partial charge on any atom is 0.337 e. The number of fused-ring (bicyclic) bond motifs is 1. The van der Waals surface area contributed by atoms with Crippen LogP contribution in [0.1, 0.15) is 30.1 Å². The summed E-state index contributed by atoms with van der Waals surface area (Å²) >= 11 is 3.42. The van der Waals surface area contributed by atoms with Crippen molar-refractivity contribution in [1.82, 2.24) is 4.57 Å². The molecule has 0 saturated heterocycles. The van der Waals surface area contributed by atoms with Crippen molar-refractivity contribution in [2.45, 2.75) is 26.3 Å². The zero-order chi connectivity index (χ0) is 12.4. The van der Waals surface area contributed by atoms with Gasteiger partial charge in [-0.1, -0.05) is 35.3 Å². The Morgan fingerprint density at radius 2 is 2.24 bits per heavy atom. The first-order valence-electron chi connectivity index (χ1n) is 5.65. The summed E-state index contributed by atoms with van der Waals surface area (Å²) in [5, 5.41) is 9.97. The molecule has 1 heterocycles. The number of unbranched alkanes of at least 4 members (excludes halogenated alkanes) is 1. The van der Waals surface area contributed by atoms with E-state index in [0.29, 0.717) is 5.56 Å². The number of halogens is 1. The number of hydrogen-bond donors (Lipinski definition) is 1. The third-order valence-corrected chi connectivity index (χ3v) is 3.32. The van der Waals surface area contributed by atoms with Gasteiger partial charge < -0.3 is 9.67 Å². The molecule has 2 aromatic rings. The van der Waals surface area contributed by atoms with Gasteiger partial charge in [-0.05, 0) is 18.6 Å². The number of aromatic carboxylic acids is 1. The Bertz CT molecular complexity index is 560. The van der Waals surface area contributed by atoms with Crippen LogP contribution in [0.5, 0.6) is 0 Å². The van der Waals surface area contributed by atoms with Gasteiger partial charge in [0, 0.05) is 22.6 Å². The minimum atomic E-state index is -0.868. The Kier molecular flexibility index (Phi) is 3.52. The molecule has 0 spiro atoms. The van der Waals surface area contributed by atoms with E-state index in [4.69, 9.17) is 5.11 Å². The van der Waals surface area contributed by atoms with Crippen molar-refractivity contribution in [2.24, 2.45) is 0 Å². The molecule has 1 aromatic carbocycles. The lowest BCUT2D eigenvalue weighted by Crippen LogP contribution is -1.96. The lowest BCUT2D eigenvalue weighted by atomic mass is 10.2. The highest BCUT2D eigenvalue weighted by molar-refractivity contribution is 9.10. The fourth-order valence-electron chi connectivity index (χ4n) is 1.95.